The Morgan fingerprint density at radius 2 is 1.86 bits per heavy atom. The molecule has 0 heterocycles. The number of rotatable bonds is 6. The van der Waals surface area contributed by atoms with Crippen LogP contribution < -0.4 is 0 Å². The lowest BCUT2D eigenvalue weighted by Crippen LogP contribution is -2.00. The zero-order valence-corrected chi connectivity index (χ0v) is 9.92. The van der Waals surface area contributed by atoms with Crippen molar-refractivity contribution >= 4 is 15.9 Å². The zero-order chi connectivity index (χ0) is 10.2. The van der Waals surface area contributed by atoms with Crippen molar-refractivity contribution in [1.29, 1.82) is 0 Å². The summed E-state index contributed by atoms with van der Waals surface area (Å²) in [4.78, 5) is 0. The van der Waals surface area contributed by atoms with E-state index in [4.69, 9.17) is 9.47 Å². The minimum atomic E-state index is 0.379. The molecule has 0 saturated carbocycles. The predicted molar refractivity (Wildman–Crippen MR) is 60.0 cm³/mol. The van der Waals surface area contributed by atoms with E-state index in [0.717, 1.165) is 23.1 Å². The first-order valence-corrected chi connectivity index (χ1v) is 5.52. The predicted octanol–water partition coefficient (Wildman–Crippen LogP) is 3.35. The lowest BCUT2D eigenvalue weighted by atomic mass is 10.2. The highest BCUT2D eigenvalue weighted by atomic mass is 79.9. The molecule has 0 aliphatic heterocycles. The SMILES string of the molecule is CCCOCOCc1ccc(Br)cc1. The minimum Gasteiger partial charge on any atom is -0.355 e. The fourth-order valence-electron chi connectivity index (χ4n) is 1.00. The highest BCUT2D eigenvalue weighted by Gasteiger charge is 1.92. The van der Waals surface area contributed by atoms with E-state index in [-0.39, 0.29) is 0 Å². The second kappa shape index (κ2) is 6.98. The van der Waals surface area contributed by atoms with Gasteiger partial charge in [-0.05, 0) is 24.1 Å². The first kappa shape index (κ1) is 11.7. The number of hydrogen-bond acceptors (Lipinski definition) is 2. The van der Waals surface area contributed by atoms with Gasteiger partial charge in [-0.15, -0.1) is 0 Å². The maximum atomic E-state index is 5.32. The van der Waals surface area contributed by atoms with Crippen LogP contribution in [0.2, 0.25) is 0 Å². The summed E-state index contributed by atoms with van der Waals surface area (Å²) in [6.07, 6.45) is 1.03. The van der Waals surface area contributed by atoms with Gasteiger partial charge < -0.3 is 9.47 Å². The molecule has 14 heavy (non-hydrogen) atoms. The molecule has 0 unspecified atom stereocenters. The van der Waals surface area contributed by atoms with Gasteiger partial charge in [0.25, 0.3) is 0 Å². The molecule has 3 heteroatoms. The summed E-state index contributed by atoms with van der Waals surface area (Å²) in [5.74, 6) is 0. The minimum absolute atomic E-state index is 0.379. The van der Waals surface area contributed by atoms with E-state index in [1.165, 1.54) is 0 Å². The molecule has 0 bridgehead atoms. The zero-order valence-electron chi connectivity index (χ0n) is 8.33. The number of halogens is 1. The molecule has 1 rings (SSSR count). The third-order valence-electron chi connectivity index (χ3n) is 1.70. The van der Waals surface area contributed by atoms with Crippen LogP contribution in [-0.4, -0.2) is 13.4 Å². The van der Waals surface area contributed by atoms with Crippen molar-refractivity contribution < 1.29 is 9.47 Å². The van der Waals surface area contributed by atoms with E-state index >= 15 is 0 Å². The molecule has 78 valence electrons. The molecule has 0 atom stereocenters. The Bertz CT molecular complexity index is 246. The van der Waals surface area contributed by atoms with Crippen LogP contribution in [0, 0.1) is 0 Å². The van der Waals surface area contributed by atoms with Gasteiger partial charge in [0.1, 0.15) is 6.79 Å². The largest absolute Gasteiger partial charge is 0.355 e. The molecule has 0 saturated heterocycles. The van der Waals surface area contributed by atoms with Crippen LogP contribution in [0.3, 0.4) is 0 Å². The third kappa shape index (κ3) is 4.74. The number of hydrogen-bond donors (Lipinski definition) is 0. The van der Waals surface area contributed by atoms with Crippen LogP contribution in [0.25, 0.3) is 0 Å². The Morgan fingerprint density at radius 3 is 2.50 bits per heavy atom. The van der Waals surface area contributed by atoms with Crippen molar-refractivity contribution in [2.45, 2.75) is 20.0 Å². The molecule has 0 amide bonds. The Labute approximate surface area is 93.4 Å². The summed E-state index contributed by atoms with van der Waals surface area (Å²) in [6.45, 7) is 3.83. The van der Waals surface area contributed by atoms with E-state index in [1.807, 2.05) is 24.3 Å². The average Bonchev–Trinajstić information content (AvgIpc) is 2.21. The number of ether oxygens (including phenoxy) is 2. The van der Waals surface area contributed by atoms with Crippen LogP contribution in [0.15, 0.2) is 28.7 Å². The average molecular weight is 259 g/mol. The molecule has 2 nitrogen and oxygen atoms in total. The monoisotopic (exact) mass is 258 g/mol. The molecule has 0 aromatic heterocycles. The Morgan fingerprint density at radius 1 is 1.14 bits per heavy atom. The fourth-order valence-corrected chi connectivity index (χ4v) is 1.27. The van der Waals surface area contributed by atoms with Crippen molar-refractivity contribution in [3.63, 3.8) is 0 Å². The van der Waals surface area contributed by atoms with Gasteiger partial charge in [-0.3, -0.25) is 0 Å². The van der Waals surface area contributed by atoms with Gasteiger partial charge in [0.2, 0.25) is 0 Å². The summed E-state index contributed by atoms with van der Waals surface area (Å²) in [5.41, 5.74) is 1.16. The Balaban J connectivity index is 2.15. The van der Waals surface area contributed by atoms with E-state index in [2.05, 4.69) is 22.9 Å². The highest BCUT2D eigenvalue weighted by molar-refractivity contribution is 9.10. The molecule has 0 radical (unpaired) electrons. The van der Waals surface area contributed by atoms with Gasteiger partial charge in [-0.25, -0.2) is 0 Å². The van der Waals surface area contributed by atoms with E-state index in [1.54, 1.807) is 0 Å². The molecular weight excluding hydrogens is 244 g/mol. The van der Waals surface area contributed by atoms with Crippen molar-refractivity contribution in [1.82, 2.24) is 0 Å². The lowest BCUT2D eigenvalue weighted by molar-refractivity contribution is -0.0611. The van der Waals surface area contributed by atoms with Crippen LogP contribution in [0.5, 0.6) is 0 Å². The molecule has 0 spiro atoms. The second-order valence-electron chi connectivity index (χ2n) is 3.00. The standard InChI is InChI=1S/C11H15BrO2/c1-2-7-13-9-14-8-10-3-5-11(12)6-4-10/h3-6H,2,7-9H2,1H3. The molecule has 1 aromatic rings. The van der Waals surface area contributed by atoms with Gasteiger partial charge >= 0.3 is 0 Å². The second-order valence-corrected chi connectivity index (χ2v) is 3.92. The maximum Gasteiger partial charge on any atom is 0.147 e. The van der Waals surface area contributed by atoms with Gasteiger partial charge in [-0.1, -0.05) is 35.0 Å². The van der Waals surface area contributed by atoms with E-state index < -0.39 is 0 Å². The molecule has 0 aliphatic rings. The first-order valence-electron chi connectivity index (χ1n) is 4.73. The summed E-state index contributed by atoms with van der Waals surface area (Å²) in [7, 11) is 0. The normalized spacial score (nSPS) is 10.4. The molecule has 0 fully saturated rings. The fraction of sp³-hybridized carbons (Fsp3) is 0.455. The quantitative estimate of drug-likeness (QED) is 0.576. The Kier molecular flexibility index (Phi) is 5.83. The maximum absolute atomic E-state index is 5.32. The molecule has 1 aromatic carbocycles. The van der Waals surface area contributed by atoms with Gasteiger partial charge in [0.05, 0.1) is 6.61 Å². The van der Waals surface area contributed by atoms with Crippen LogP contribution in [-0.2, 0) is 16.1 Å². The van der Waals surface area contributed by atoms with E-state index in [9.17, 15) is 0 Å². The van der Waals surface area contributed by atoms with Gasteiger partial charge in [-0.2, -0.15) is 0 Å². The summed E-state index contributed by atoms with van der Waals surface area (Å²) in [5, 5.41) is 0. The topological polar surface area (TPSA) is 18.5 Å². The van der Waals surface area contributed by atoms with Crippen LogP contribution in [0.1, 0.15) is 18.9 Å². The van der Waals surface area contributed by atoms with E-state index in [0.29, 0.717) is 13.4 Å². The summed E-state index contributed by atoms with van der Waals surface area (Å²) >= 11 is 3.38. The van der Waals surface area contributed by atoms with Crippen LogP contribution in [0.4, 0.5) is 0 Å². The third-order valence-corrected chi connectivity index (χ3v) is 2.23. The molecular formula is C11H15BrO2. The van der Waals surface area contributed by atoms with Crippen molar-refractivity contribution in [2.24, 2.45) is 0 Å². The highest BCUT2D eigenvalue weighted by Crippen LogP contribution is 2.10. The van der Waals surface area contributed by atoms with Crippen molar-refractivity contribution in [2.75, 3.05) is 13.4 Å². The molecule has 0 aliphatic carbocycles. The van der Waals surface area contributed by atoms with Crippen molar-refractivity contribution in [3.8, 4) is 0 Å². The summed E-state index contributed by atoms with van der Waals surface area (Å²) < 4.78 is 11.6. The lowest BCUT2D eigenvalue weighted by Gasteiger charge is -2.04. The summed E-state index contributed by atoms with van der Waals surface area (Å²) in [6, 6.07) is 8.07. The first-order chi connectivity index (χ1) is 6.83. The van der Waals surface area contributed by atoms with Crippen molar-refractivity contribution in [3.05, 3.63) is 34.3 Å². The molecule has 0 N–H and O–H groups in total. The van der Waals surface area contributed by atoms with Gasteiger partial charge in [0, 0.05) is 11.1 Å². The van der Waals surface area contributed by atoms with Crippen LogP contribution >= 0.6 is 15.9 Å². The Hall–Kier alpha value is -0.380. The number of benzene rings is 1. The van der Waals surface area contributed by atoms with Gasteiger partial charge in [0.15, 0.2) is 0 Å². The smallest absolute Gasteiger partial charge is 0.147 e.